The Hall–Kier alpha value is -5.46. The summed E-state index contributed by atoms with van der Waals surface area (Å²) in [6, 6.07) is 19.2. The number of esters is 3. The van der Waals surface area contributed by atoms with Crippen molar-refractivity contribution < 1.29 is 57.4 Å². The number of benzene rings is 4. The van der Waals surface area contributed by atoms with E-state index in [9.17, 15) is 19.2 Å². The fourth-order valence-electron chi connectivity index (χ4n) is 5.83. The molecule has 0 saturated heterocycles. The first kappa shape index (κ1) is 41.7. The predicted octanol–water partition coefficient (Wildman–Crippen LogP) is 9.78. The summed E-state index contributed by atoms with van der Waals surface area (Å²) in [5.74, 6) is -0.0653. The molecule has 0 radical (unpaired) electrons. The minimum atomic E-state index is -1.01. The van der Waals surface area contributed by atoms with E-state index in [0.717, 1.165) is 0 Å². The van der Waals surface area contributed by atoms with Crippen molar-refractivity contribution >= 4 is 47.1 Å². The van der Waals surface area contributed by atoms with Crippen LogP contribution in [0.1, 0.15) is 91.1 Å². The zero-order chi connectivity index (χ0) is 40.6. The Morgan fingerprint density at radius 1 is 0.679 bits per heavy atom. The van der Waals surface area contributed by atoms with Gasteiger partial charge in [0.2, 0.25) is 0 Å². The van der Waals surface area contributed by atoms with Crippen LogP contribution in [0, 0.1) is 0 Å². The number of carbonyl (C=O) groups excluding carboxylic acids is 3. The number of carbonyl (C=O) groups is 4. The van der Waals surface area contributed by atoms with E-state index in [0.29, 0.717) is 101 Å². The Morgan fingerprint density at radius 3 is 1.46 bits per heavy atom. The molecule has 2 atom stereocenters. The normalized spacial score (nSPS) is 15.6. The second-order valence-corrected chi connectivity index (χ2v) is 14.4. The molecule has 0 saturated carbocycles. The molecule has 14 heteroatoms. The van der Waals surface area contributed by atoms with Gasteiger partial charge in [0, 0.05) is 23.3 Å². The molecule has 2 unspecified atom stereocenters. The molecule has 4 aromatic carbocycles. The van der Waals surface area contributed by atoms with Gasteiger partial charge in [-0.2, -0.15) is 0 Å². The molecule has 0 aromatic heterocycles. The molecule has 0 bridgehead atoms. The summed E-state index contributed by atoms with van der Waals surface area (Å²) < 4.78 is 38.6. The van der Waals surface area contributed by atoms with E-state index in [1.54, 1.807) is 74.5 Å². The fourth-order valence-corrected chi connectivity index (χ4v) is 6.25. The Labute approximate surface area is 334 Å². The first-order valence-electron chi connectivity index (χ1n) is 18.0. The van der Waals surface area contributed by atoms with Crippen molar-refractivity contribution in [2.75, 3.05) is 26.4 Å². The number of rotatable bonds is 10. The van der Waals surface area contributed by atoms with Gasteiger partial charge in [-0.1, -0.05) is 23.2 Å². The Bertz CT molecular complexity index is 2060. The molecular weight excluding hydrogens is 767 g/mol. The van der Waals surface area contributed by atoms with Crippen LogP contribution in [0.25, 0.3) is 0 Å². The maximum atomic E-state index is 12.2. The van der Waals surface area contributed by atoms with Gasteiger partial charge in [0.25, 0.3) is 0 Å². The van der Waals surface area contributed by atoms with Crippen LogP contribution in [-0.2, 0) is 23.8 Å². The summed E-state index contributed by atoms with van der Waals surface area (Å²) in [7, 11) is 0. The zero-order valence-corrected chi connectivity index (χ0v) is 33.0. The maximum absolute atomic E-state index is 12.2. The monoisotopic (exact) mass is 808 g/mol. The number of halogens is 2. The highest BCUT2D eigenvalue weighted by Gasteiger charge is 2.32. The van der Waals surface area contributed by atoms with Crippen LogP contribution in [-0.4, -0.2) is 61.0 Å². The maximum Gasteiger partial charge on any atom is 0.338 e. The Balaban J connectivity index is 0.000000216. The minimum Gasteiger partial charge on any atom is -0.493 e. The second kappa shape index (κ2) is 18.4. The molecule has 2 heterocycles. The van der Waals surface area contributed by atoms with Crippen molar-refractivity contribution in [2.45, 2.75) is 64.9 Å². The summed E-state index contributed by atoms with van der Waals surface area (Å²) in [5.41, 5.74) is 1.39. The average molecular weight is 810 g/mol. The predicted molar refractivity (Wildman–Crippen MR) is 207 cm³/mol. The van der Waals surface area contributed by atoms with Gasteiger partial charge in [-0.3, -0.25) is 9.59 Å². The molecule has 6 rings (SSSR count). The highest BCUT2D eigenvalue weighted by atomic mass is 35.5. The molecule has 4 aromatic rings. The van der Waals surface area contributed by atoms with Crippen LogP contribution >= 0.6 is 23.2 Å². The number of ether oxygens (including phenoxy) is 7. The lowest BCUT2D eigenvalue weighted by Gasteiger charge is -2.25. The van der Waals surface area contributed by atoms with E-state index in [2.05, 4.69) is 0 Å². The first-order valence-corrected chi connectivity index (χ1v) is 18.7. The second-order valence-electron chi connectivity index (χ2n) is 13.6. The highest BCUT2D eigenvalue weighted by molar-refractivity contribution is 6.32. The molecule has 0 fully saturated rings. The smallest absolute Gasteiger partial charge is 0.338 e. The Morgan fingerprint density at radius 2 is 1.09 bits per heavy atom. The lowest BCUT2D eigenvalue weighted by atomic mass is 9.93. The molecule has 12 nitrogen and oxygen atoms in total. The molecule has 56 heavy (non-hydrogen) atoms. The number of carboxylic acids is 1. The van der Waals surface area contributed by atoms with E-state index < -0.39 is 29.4 Å². The molecule has 0 amide bonds. The van der Waals surface area contributed by atoms with Crippen LogP contribution in [0.4, 0.5) is 0 Å². The molecule has 0 aliphatic carbocycles. The number of fused-ring (bicyclic) bond motifs is 2. The molecule has 2 aliphatic heterocycles. The quantitative estimate of drug-likeness (QED) is 0.120. The minimum absolute atomic E-state index is 0.162. The number of hydrogen-bond acceptors (Lipinski definition) is 11. The molecule has 296 valence electrons. The van der Waals surface area contributed by atoms with E-state index in [4.69, 9.17) is 61.5 Å². The van der Waals surface area contributed by atoms with E-state index in [-0.39, 0.29) is 17.5 Å². The third-order valence-corrected chi connectivity index (χ3v) is 8.99. The van der Waals surface area contributed by atoms with Crippen molar-refractivity contribution in [1.29, 1.82) is 0 Å². The summed E-state index contributed by atoms with van der Waals surface area (Å²) >= 11 is 12.7. The highest BCUT2D eigenvalue weighted by Crippen LogP contribution is 2.43. The van der Waals surface area contributed by atoms with Crippen molar-refractivity contribution in [1.82, 2.24) is 0 Å². The number of hydrogen-bond donors (Lipinski definition) is 1. The summed E-state index contributed by atoms with van der Waals surface area (Å²) in [6.07, 6.45) is 1.06. The largest absolute Gasteiger partial charge is 0.493 e. The van der Waals surface area contributed by atoms with Gasteiger partial charge < -0.3 is 38.3 Å². The van der Waals surface area contributed by atoms with Crippen molar-refractivity contribution in [3.63, 3.8) is 0 Å². The Kier molecular flexibility index (Phi) is 13.7. The van der Waals surface area contributed by atoms with Gasteiger partial charge in [-0.05, 0) is 108 Å². The van der Waals surface area contributed by atoms with Crippen LogP contribution in [0.15, 0.2) is 72.8 Å². The van der Waals surface area contributed by atoms with E-state index in [1.165, 1.54) is 12.1 Å². The van der Waals surface area contributed by atoms with Gasteiger partial charge in [0.1, 0.15) is 40.1 Å². The van der Waals surface area contributed by atoms with Gasteiger partial charge in [0.15, 0.2) is 0 Å². The standard InChI is InChI=1S/C23H25ClO6.C19H17ClO6/c1-5-27-22(26)16-10-11-28-19-13-20(18(24)12-17(16)19)29-15-8-6-14(7-9-15)21(25)30-23(2,3)4;1-2-24-19(23)13-7-8-25-16-10-17(15(20)9-14(13)16)26-12-5-3-11(4-6-12)18(21)22/h6-9,12-13,16H,5,10-11H2,1-4H3;3-6,9-10,13H,2,7-8H2,1H3,(H,21,22). The average Bonchev–Trinajstić information content (AvgIpc) is 3.15. The first-order chi connectivity index (χ1) is 26.7. The lowest BCUT2D eigenvalue weighted by molar-refractivity contribution is -0.146. The molecule has 1 N–H and O–H groups in total. The number of aromatic carboxylic acids is 1. The SMILES string of the molecule is CCOC(=O)C1CCOc2cc(Oc3ccc(C(=O)O)cc3)c(Cl)cc21.CCOC(=O)C1CCOc2cc(Oc3ccc(C(=O)OC(C)(C)C)cc3)c(Cl)cc21. The van der Waals surface area contributed by atoms with Gasteiger partial charge in [-0.15, -0.1) is 0 Å². The third-order valence-electron chi connectivity index (χ3n) is 8.40. The van der Waals surface area contributed by atoms with Crippen molar-refractivity contribution in [2.24, 2.45) is 0 Å². The van der Waals surface area contributed by atoms with E-state index >= 15 is 0 Å². The molecular formula is C42H42Cl2O12. The molecule has 0 spiro atoms. The summed E-state index contributed by atoms with van der Waals surface area (Å²) in [6.45, 7) is 10.4. The summed E-state index contributed by atoms with van der Waals surface area (Å²) in [5, 5.41) is 9.61. The van der Waals surface area contributed by atoms with Gasteiger partial charge in [0.05, 0.1) is 59.4 Å². The zero-order valence-electron chi connectivity index (χ0n) is 31.5. The lowest BCUT2D eigenvalue weighted by Crippen LogP contribution is -2.23. The number of carboxylic acid groups (broad SMARTS) is 1. The topological polar surface area (TPSA) is 153 Å². The van der Waals surface area contributed by atoms with Crippen LogP contribution < -0.4 is 18.9 Å². The fraction of sp³-hybridized carbons (Fsp3) is 0.333. The van der Waals surface area contributed by atoms with Gasteiger partial charge >= 0.3 is 23.9 Å². The van der Waals surface area contributed by atoms with Crippen molar-refractivity contribution in [3.05, 3.63) is 105 Å². The molecule has 2 aliphatic rings. The van der Waals surface area contributed by atoms with Gasteiger partial charge in [-0.25, -0.2) is 9.59 Å². The van der Waals surface area contributed by atoms with Crippen LogP contribution in [0.3, 0.4) is 0 Å². The van der Waals surface area contributed by atoms with E-state index in [1.807, 2.05) is 20.8 Å². The third kappa shape index (κ3) is 10.6. The summed E-state index contributed by atoms with van der Waals surface area (Å²) in [4.78, 5) is 47.4. The van der Waals surface area contributed by atoms with Crippen LogP contribution in [0.2, 0.25) is 10.0 Å². The van der Waals surface area contributed by atoms with Crippen molar-refractivity contribution in [3.8, 4) is 34.5 Å². The van der Waals surface area contributed by atoms with Crippen LogP contribution in [0.5, 0.6) is 34.5 Å².